The lowest BCUT2D eigenvalue weighted by atomic mass is 10.0. The van der Waals surface area contributed by atoms with Crippen LogP contribution in [0.25, 0.3) is 0 Å². The molecule has 0 aliphatic carbocycles. The van der Waals surface area contributed by atoms with Crippen molar-refractivity contribution in [3.05, 3.63) is 81.7 Å². The lowest BCUT2D eigenvalue weighted by molar-refractivity contribution is 0.102. The molecule has 1 amide bonds. The fourth-order valence-corrected chi connectivity index (χ4v) is 7.67. The van der Waals surface area contributed by atoms with Gasteiger partial charge in [-0.25, -0.2) is 8.42 Å². The maximum Gasteiger partial charge on any atom is 0.256 e. The summed E-state index contributed by atoms with van der Waals surface area (Å²) in [6.07, 6.45) is 2.48. The maximum atomic E-state index is 13.0. The van der Waals surface area contributed by atoms with Gasteiger partial charge in [0.1, 0.15) is 11.1 Å². The molecule has 0 radical (unpaired) electrons. The van der Waals surface area contributed by atoms with Gasteiger partial charge in [0, 0.05) is 43.2 Å². The molecule has 3 aromatic rings. The van der Waals surface area contributed by atoms with Crippen LogP contribution in [0.2, 0.25) is 0 Å². The Hall–Kier alpha value is -3.03. The summed E-state index contributed by atoms with van der Waals surface area (Å²) in [5, 5.41) is 13.3. The Bertz CT molecular complexity index is 1420. The van der Waals surface area contributed by atoms with E-state index in [4.69, 9.17) is 0 Å². The van der Waals surface area contributed by atoms with Gasteiger partial charge in [-0.05, 0) is 60.6 Å². The fourth-order valence-electron chi connectivity index (χ4n) is 4.97. The number of carbonyl (C=O) groups excluding carboxylic acids is 1. The average molecular weight is 535 g/mol. The van der Waals surface area contributed by atoms with Gasteiger partial charge in [0.2, 0.25) is 10.0 Å². The van der Waals surface area contributed by atoms with Crippen LogP contribution < -0.4 is 5.32 Å². The van der Waals surface area contributed by atoms with E-state index in [0.717, 1.165) is 49.3 Å². The summed E-state index contributed by atoms with van der Waals surface area (Å²) in [6, 6.07) is 18.6. The van der Waals surface area contributed by atoms with Gasteiger partial charge < -0.3 is 5.32 Å². The molecule has 3 heterocycles. The van der Waals surface area contributed by atoms with Crippen molar-refractivity contribution in [2.45, 2.75) is 44.2 Å². The molecule has 0 atom stereocenters. The molecule has 2 aliphatic heterocycles. The van der Waals surface area contributed by atoms with E-state index in [2.05, 4.69) is 35.3 Å². The van der Waals surface area contributed by atoms with Crippen LogP contribution in [0, 0.1) is 17.2 Å². The minimum Gasteiger partial charge on any atom is -0.312 e. The number of hydrogen-bond acceptors (Lipinski definition) is 6. The first-order valence-electron chi connectivity index (χ1n) is 12.6. The quantitative estimate of drug-likeness (QED) is 0.488. The summed E-state index contributed by atoms with van der Waals surface area (Å²) in [5.41, 5.74) is 3.15. The average Bonchev–Trinajstić information content (AvgIpc) is 3.25. The zero-order valence-corrected chi connectivity index (χ0v) is 22.4. The van der Waals surface area contributed by atoms with Crippen molar-refractivity contribution >= 4 is 32.3 Å². The van der Waals surface area contributed by atoms with E-state index in [1.165, 1.54) is 45.5 Å². The van der Waals surface area contributed by atoms with Crippen molar-refractivity contribution in [3.63, 3.8) is 0 Å². The normalized spacial score (nSPS) is 17.2. The monoisotopic (exact) mass is 534 g/mol. The Morgan fingerprint density at radius 1 is 1.08 bits per heavy atom. The second-order valence-electron chi connectivity index (χ2n) is 9.83. The number of hydrogen-bond donors (Lipinski definition) is 1. The topological polar surface area (TPSA) is 93.5 Å². The molecule has 1 fully saturated rings. The molecule has 37 heavy (non-hydrogen) atoms. The minimum absolute atomic E-state index is 0.196. The number of nitriles is 1. The highest BCUT2D eigenvalue weighted by Crippen LogP contribution is 2.37. The van der Waals surface area contributed by atoms with E-state index in [1.54, 1.807) is 0 Å². The number of piperidine rings is 1. The van der Waals surface area contributed by atoms with E-state index >= 15 is 0 Å². The number of amides is 1. The largest absolute Gasteiger partial charge is 0.312 e. The molecule has 1 aromatic heterocycles. The Labute approximate surface area is 222 Å². The van der Waals surface area contributed by atoms with Crippen molar-refractivity contribution in [2.75, 3.05) is 25.0 Å². The minimum atomic E-state index is -3.57. The maximum absolute atomic E-state index is 13.0. The first-order chi connectivity index (χ1) is 17.8. The van der Waals surface area contributed by atoms with Crippen LogP contribution in [0.1, 0.15) is 51.7 Å². The number of sulfonamides is 1. The third-order valence-electron chi connectivity index (χ3n) is 7.22. The summed E-state index contributed by atoms with van der Waals surface area (Å²) in [6.45, 7) is 5.62. The Balaban J connectivity index is 1.28. The van der Waals surface area contributed by atoms with E-state index < -0.39 is 10.0 Å². The third-order valence-corrected chi connectivity index (χ3v) is 10.3. The number of thiophene rings is 1. The third kappa shape index (κ3) is 5.48. The number of nitrogens with zero attached hydrogens (tertiary/aromatic N) is 3. The van der Waals surface area contributed by atoms with Crippen LogP contribution >= 0.6 is 11.3 Å². The number of benzene rings is 2. The molecule has 1 N–H and O–H groups in total. The van der Waals surface area contributed by atoms with Crippen molar-refractivity contribution in [2.24, 2.45) is 5.92 Å². The van der Waals surface area contributed by atoms with E-state index in [9.17, 15) is 18.5 Å². The molecule has 0 bridgehead atoms. The fraction of sp³-hybridized carbons (Fsp3) is 0.357. The van der Waals surface area contributed by atoms with Gasteiger partial charge in [0.15, 0.2) is 0 Å². The highest BCUT2D eigenvalue weighted by Gasteiger charge is 2.29. The molecule has 1 saturated heterocycles. The molecule has 2 aliphatic rings. The smallest absolute Gasteiger partial charge is 0.256 e. The highest BCUT2D eigenvalue weighted by atomic mass is 32.2. The van der Waals surface area contributed by atoms with Gasteiger partial charge >= 0.3 is 0 Å². The standard InChI is InChI=1S/C28H30N4O3S2/c1-20-11-15-32(16-12-20)37(34,35)23-9-7-22(8-10-23)27(33)30-28-25(17-29)24-13-14-31(19-26(24)36-28)18-21-5-3-2-4-6-21/h2-10,20H,11-16,18-19H2,1H3,(H,30,33). The van der Waals surface area contributed by atoms with E-state index in [-0.39, 0.29) is 10.8 Å². The van der Waals surface area contributed by atoms with Crippen LogP contribution in [-0.4, -0.2) is 43.2 Å². The number of fused-ring (bicyclic) bond motifs is 1. The summed E-state index contributed by atoms with van der Waals surface area (Å²) >= 11 is 1.45. The van der Waals surface area contributed by atoms with E-state index in [1.807, 2.05) is 18.2 Å². The molecule has 192 valence electrons. The van der Waals surface area contributed by atoms with Crippen molar-refractivity contribution in [3.8, 4) is 6.07 Å². The number of carbonyl (C=O) groups is 1. The van der Waals surface area contributed by atoms with Crippen LogP contribution in [0.15, 0.2) is 59.5 Å². The summed E-state index contributed by atoms with van der Waals surface area (Å²) in [4.78, 5) is 16.7. The second kappa shape index (κ2) is 10.8. The van der Waals surface area contributed by atoms with Crippen LogP contribution in [0.3, 0.4) is 0 Å². The summed E-state index contributed by atoms with van der Waals surface area (Å²) in [7, 11) is -3.57. The summed E-state index contributed by atoms with van der Waals surface area (Å²) in [5.74, 6) is 0.178. The Morgan fingerprint density at radius 3 is 2.46 bits per heavy atom. The first kappa shape index (κ1) is 25.6. The lowest BCUT2D eigenvalue weighted by Crippen LogP contribution is -2.37. The predicted molar refractivity (Wildman–Crippen MR) is 145 cm³/mol. The number of nitrogens with one attached hydrogen (secondary N) is 1. The number of rotatable bonds is 6. The van der Waals surface area contributed by atoms with Gasteiger partial charge in [0.05, 0.1) is 10.5 Å². The predicted octanol–water partition coefficient (Wildman–Crippen LogP) is 4.85. The number of anilines is 1. The van der Waals surface area contributed by atoms with Gasteiger partial charge in [-0.2, -0.15) is 9.57 Å². The van der Waals surface area contributed by atoms with Gasteiger partial charge in [-0.3, -0.25) is 9.69 Å². The van der Waals surface area contributed by atoms with Crippen molar-refractivity contribution in [1.82, 2.24) is 9.21 Å². The lowest BCUT2D eigenvalue weighted by Gasteiger charge is -2.29. The molecule has 9 heteroatoms. The van der Waals surface area contributed by atoms with E-state index in [0.29, 0.717) is 35.1 Å². The van der Waals surface area contributed by atoms with Gasteiger partial charge in [-0.1, -0.05) is 37.3 Å². The van der Waals surface area contributed by atoms with Gasteiger partial charge in [0.25, 0.3) is 5.91 Å². The second-order valence-corrected chi connectivity index (χ2v) is 12.9. The Kier molecular flexibility index (Phi) is 7.45. The van der Waals surface area contributed by atoms with Crippen molar-refractivity contribution < 1.29 is 13.2 Å². The zero-order valence-electron chi connectivity index (χ0n) is 20.8. The molecular formula is C28H30N4O3S2. The van der Waals surface area contributed by atoms with Crippen LogP contribution in [0.5, 0.6) is 0 Å². The molecule has 2 aromatic carbocycles. The highest BCUT2D eigenvalue weighted by molar-refractivity contribution is 7.89. The van der Waals surface area contributed by atoms with Crippen LogP contribution in [-0.2, 0) is 29.5 Å². The molecule has 7 nitrogen and oxygen atoms in total. The van der Waals surface area contributed by atoms with Crippen molar-refractivity contribution in [1.29, 1.82) is 5.26 Å². The van der Waals surface area contributed by atoms with Gasteiger partial charge in [-0.15, -0.1) is 11.3 Å². The SMILES string of the molecule is CC1CCN(S(=O)(=O)c2ccc(C(=O)Nc3sc4c(c3C#N)CCN(Cc3ccccc3)C4)cc2)CC1. The molecule has 0 unspecified atom stereocenters. The molecule has 5 rings (SSSR count). The van der Waals surface area contributed by atoms with Crippen LogP contribution in [0.4, 0.5) is 5.00 Å². The molecule has 0 spiro atoms. The first-order valence-corrected chi connectivity index (χ1v) is 14.8. The Morgan fingerprint density at radius 2 is 1.78 bits per heavy atom. The molecule has 0 saturated carbocycles. The zero-order chi connectivity index (χ0) is 26.0. The summed E-state index contributed by atoms with van der Waals surface area (Å²) < 4.78 is 27.5. The molecular weight excluding hydrogens is 504 g/mol.